The van der Waals surface area contributed by atoms with E-state index in [2.05, 4.69) is 39.1 Å². The number of hydrogen-bond acceptors (Lipinski definition) is 1. The van der Waals surface area contributed by atoms with Crippen LogP contribution in [0.15, 0.2) is 18.2 Å². The zero-order valence-electron chi connectivity index (χ0n) is 13.5. The standard InChI is InChI=1S/C18H30NO/c1-16-10-9-11-17(2)18(16)20-15-14-19(3)12-7-5-4-6-8-13-19/h9-11H,4-8,12-15H2,1-3H3/q+1. The Morgan fingerprint density at radius 1 is 0.950 bits per heavy atom. The van der Waals surface area contributed by atoms with Gasteiger partial charge in [-0.3, -0.25) is 0 Å². The first-order valence-corrected chi connectivity index (χ1v) is 8.13. The minimum atomic E-state index is 0.836. The van der Waals surface area contributed by atoms with E-state index >= 15 is 0 Å². The maximum absolute atomic E-state index is 6.09. The van der Waals surface area contributed by atoms with Crippen LogP contribution in [-0.2, 0) is 0 Å². The van der Waals surface area contributed by atoms with Crippen molar-refractivity contribution in [1.29, 1.82) is 0 Å². The van der Waals surface area contributed by atoms with Crippen LogP contribution in [-0.4, -0.2) is 37.8 Å². The Hall–Kier alpha value is -1.02. The first-order chi connectivity index (χ1) is 9.61. The smallest absolute Gasteiger partial charge is 0.137 e. The number of aryl methyl sites for hydroxylation is 2. The Kier molecular flexibility index (Phi) is 5.47. The second kappa shape index (κ2) is 7.12. The number of nitrogens with zero attached hydrogens (tertiary/aromatic N) is 1. The third-order valence-corrected chi connectivity index (χ3v) is 4.68. The number of benzene rings is 1. The van der Waals surface area contributed by atoms with Crippen LogP contribution < -0.4 is 4.74 Å². The fourth-order valence-corrected chi connectivity index (χ4v) is 3.25. The molecule has 1 fully saturated rings. The lowest BCUT2D eigenvalue weighted by Gasteiger charge is -2.36. The highest BCUT2D eigenvalue weighted by molar-refractivity contribution is 5.39. The van der Waals surface area contributed by atoms with Gasteiger partial charge in [0.1, 0.15) is 18.9 Å². The molecule has 2 rings (SSSR count). The highest BCUT2D eigenvalue weighted by atomic mass is 16.5. The lowest BCUT2D eigenvalue weighted by Crippen LogP contribution is -2.48. The predicted molar refractivity (Wildman–Crippen MR) is 85.3 cm³/mol. The summed E-state index contributed by atoms with van der Waals surface area (Å²) < 4.78 is 7.28. The quantitative estimate of drug-likeness (QED) is 0.753. The maximum Gasteiger partial charge on any atom is 0.137 e. The number of likely N-dealkylation sites (N-methyl/N-ethyl adjacent to an activating group) is 1. The van der Waals surface area contributed by atoms with Crippen molar-refractivity contribution in [3.05, 3.63) is 29.3 Å². The topological polar surface area (TPSA) is 9.23 Å². The number of rotatable bonds is 4. The van der Waals surface area contributed by atoms with Crippen LogP contribution in [0.3, 0.4) is 0 Å². The fourth-order valence-electron chi connectivity index (χ4n) is 3.25. The fraction of sp³-hybridized carbons (Fsp3) is 0.667. The van der Waals surface area contributed by atoms with Crippen LogP contribution in [0.2, 0.25) is 0 Å². The molecule has 1 aromatic rings. The Morgan fingerprint density at radius 2 is 1.50 bits per heavy atom. The van der Waals surface area contributed by atoms with Crippen LogP contribution >= 0.6 is 0 Å². The molecule has 112 valence electrons. The van der Waals surface area contributed by atoms with Gasteiger partial charge in [-0.05, 0) is 50.7 Å². The summed E-state index contributed by atoms with van der Waals surface area (Å²) in [5.74, 6) is 1.09. The molecule has 2 heteroatoms. The van der Waals surface area contributed by atoms with Gasteiger partial charge in [-0.2, -0.15) is 0 Å². The maximum atomic E-state index is 6.09. The van der Waals surface area contributed by atoms with E-state index in [-0.39, 0.29) is 0 Å². The molecule has 0 radical (unpaired) electrons. The number of ether oxygens (including phenoxy) is 1. The summed E-state index contributed by atoms with van der Waals surface area (Å²) in [6, 6.07) is 6.37. The molecule has 0 amide bonds. The van der Waals surface area contributed by atoms with Gasteiger partial charge in [0.05, 0.1) is 20.1 Å². The molecule has 1 aliphatic heterocycles. The summed E-state index contributed by atoms with van der Waals surface area (Å²) in [5.41, 5.74) is 2.50. The van der Waals surface area contributed by atoms with Crippen LogP contribution in [0, 0.1) is 13.8 Å². The van der Waals surface area contributed by atoms with Gasteiger partial charge in [-0.15, -0.1) is 0 Å². The minimum Gasteiger partial charge on any atom is -0.487 e. The largest absolute Gasteiger partial charge is 0.487 e. The SMILES string of the molecule is Cc1cccc(C)c1OCC[N+]1(C)CCCCCCC1. The third-order valence-electron chi connectivity index (χ3n) is 4.68. The summed E-state index contributed by atoms with van der Waals surface area (Å²) in [6.45, 7) is 8.87. The summed E-state index contributed by atoms with van der Waals surface area (Å²) >= 11 is 0. The highest BCUT2D eigenvalue weighted by Gasteiger charge is 2.22. The first-order valence-electron chi connectivity index (χ1n) is 8.13. The summed E-state index contributed by atoms with van der Waals surface area (Å²) in [5, 5.41) is 0. The molecule has 1 aromatic carbocycles. The molecule has 0 aliphatic carbocycles. The van der Waals surface area contributed by atoms with Crippen molar-refractivity contribution in [2.75, 3.05) is 33.3 Å². The average molecular weight is 276 g/mol. The van der Waals surface area contributed by atoms with E-state index in [1.54, 1.807) is 0 Å². The van der Waals surface area contributed by atoms with Gasteiger partial charge in [0, 0.05) is 0 Å². The molecule has 0 bridgehead atoms. The lowest BCUT2D eigenvalue weighted by molar-refractivity contribution is -0.910. The van der Waals surface area contributed by atoms with Gasteiger partial charge in [-0.1, -0.05) is 24.6 Å². The van der Waals surface area contributed by atoms with Gasteiger partial charge in [0.15, 0.2) is 0 Å². The highest BCUT2D eigenvalue weighted by Crippen LogP contribution is 2.23. The monoisotopic (exact) mass is 276 g/mol. The molecular weight excluding hydrogens is 246 g/mol. The molecule has 0 N–H and O–H groups in total. The molecule has 0 spiro atoms. The third kappa shape index (κ3) is 4.24. The van der Waals surface area contributed by atoms with Gasteiger partial charge in [0.25, 0.3) is 0 Å². The Morgan fingerprint density at radius 3 is 2.10 bits per heavy atom. The van der Waals surface area contributed by atoms with E-state index in [1.165, 1.54) is 60.8 Å². The Balaban J connectivity index is 1.87. The van der Waals surface area contributed by atoms with Crippen LogP contribution in [0.25, 0.3) is 0 Å². The second-order valence-electron chi connectivity index (χ2n) is 6.63. The van der Waals surface area contributed by atoms with E-state index < -0.39 is 0 Å². The molecule has 0 saturated carbocycles. The summed E-state index contributed by atoms with van der Waals surface area (Å²) in [6.07, 6.45) is 7.00. The molecule has 0 aromatic heterocycles. The molecule has 1 saturated heterocycles. The van der Waals surface area contributed by atoms with Gasteiger partial charge in [-0.25, -0.2) is 0 Å². The van der Waals surface area contributed by atoms with Gasteiger partial charge in [0.2, 0.25) is 0 Å². The van der Waals surface area contributed by atoms with Crippen molar-refractivity contribution < 1.29 is 9.22 Å². The minimum absolute atomic E-state index is 0.836. The molecule has 1 heterocycles. The van der Waals surface area contributed by atoms with Crippen molar-refractivity contribution in [2.24, 2.45) is 0 Å². The normalized spacial score (nSPS) is 19.1. The van der Waals surface area contributed by atoms with E-state index in [4.69, 9.17) is 4.74 Å². The zero-order valence-corrected chi connectivity index (χ0v) is 13.5. The molecule has 20 heavy (non-hydrogen) atoms. The Bertz CT molecular complexity index is 399. The van der Waals surface area contributed by atoms with E-state index in [1.807, 2.05) is 0 Å². The number of hydrogen-bond donors (Lipinski definition) is 0. The number of likely N-dealkylation sites (tertiary alicyclic amines) is 1. The van der Waals surface area contributed by atoms with Crippen LogP contribution in [0.4, 0.5) is 0 Å². The van der Waals surface area contributed by atoms with Crippen molar-refractivity contribution in [1.82, 2.24) is 0 Å². The zero-order chi connectivity index (χ0) is 14.4. The van der Waals surface area contributed by atoms with Gasteiger partial charge < -0.3 is 9.22 Å². The van der Waals surface area contributed by atoms with E-state index in [9.17, 15) is 0 Å². The van der Waals surface area contributed by atoms with Crippen LogP contribution in [0.5, 0.6) is 5.75 Å². The van der Waals surface area contributed by atoms with Crippen LogP contribution in [0.1, 0.15) is 43.2 Å². The molecule has 0 atom stereocenters. The Labute approximate surface area is 124 Å². The summed E-state index contributed by atoms with van der Waals surface area (Å²) in [4.78, 5) is 0. The van der Waals surface area contributed by atoms with Crippen molar-refractivity contribution >= 4 is 0 Å². The molecule has 2 nitrogen and oxygen atoms in total. The molecule has 0 unspecified atom stereocenters. The lowest BCUT2D eigenvalue weighted by atomic mass is 10.1. The number of para-hydroxylation sites is 1. The molecular formula is C18H30NO+. The van der Waals surface area contributed by atoms with E-state index in [0.29, 0.717) is 0 Å². The van der Waals surface area contributed by atoms with Crippen molar-refractivity contribution in [3.8, 4) is 5.75 Å². The van der Waals surface area contributed by atoms with Crippen molar-refractivity contribution in [3.63, 3.8) is 0 Å². The average Bonchev–Trinajstić information content (AvgIpc) is 2.38. The second-order valence-corrected chi connectivity index (χ2v) is 6.63. The first kappa shape index (κ1) is 15.4. The molecule has 1 aliphatic rings. The van der Waals surface area contributed by atoms with Gasteiger partial charge >= 0.3 is 0 Å². The predicted octanol–water partition coefficient (Wildman–Crippen LogP) is 4.09. The summed E-state index contributed by atoms with van der Waals surface area (Å²) in [7, 11) is 2.40. The van der Waals surface area contributed by atoms with E-state index in [0.717, 1.165) is 18.9 Å². The number of quaternary nitrogens is 1. The van der Waals surface area contributed by atoms with Crippen molar-refractivity contribution in [2.45, 2.75) is 46.0 Å².